The second kappa shape index (κ2) is 5.48. The Balaban J connectivity index is 1.63. The number of para-hydroxylation sites is 1. The van der Waals surface area contributed by atoms with Crippen molar-refractivity contribution in [2.24, 2.45) is 0 Å². The Kier molecular flexibility index (Phi) is 3.55. The number of ether oxygens (including phenoxy) is 1. The fourth-order valence-electron chi connectivity index (χ4n) is 2.07. The summed E-state index contributed by atoms with van der Waals surface area (Å²) in [5.41, 5.74) is 1.06. The molecule has 1 fully saturated rings. The maximum Gasteiger partial charge on any atom is 0.157 e. The van der Waals surface area contributed by atoms with E-state index in [9.17, 15) is 0 Å². The highest BCUT2D eigenvalue weighted by Gasteiger charge is 2.16. The molecule has 3 rings (SSSR count). The van der Waals surface area contributed by atoms with Gasteiger partial charge in [0.25, 0.3) is 0 Å². The zero-order valence-electron chi connectivity index (χ0n) is 10.2. The van der Waals surface area contributed by atoms with Crippen molar-refractivity contribution in [1.82, 2.24) is 9.78 Å². The lowest BCUT2D eigenvalue weighted by Gasteiger charge is -2.08. The van der Waals surface area contributed by atoms with Crippen LogP contribution in [0.2, 0.25) is 0 Å². The van der Waals surface area contributed by atoms with E-state index in [0.29, 0.717) is 5.25 Å². The average Bonchev–Trinajstić information content (AvgIpc) is 3.09. The van der Waals surface area contributed by atoms with Crippen LogP contribution in [0.3, 0.4) is 0 Å². The van der Waals surface area contributed by atoms with Crippen molar-refractivity contribution in [3.8, 4) is 11.4 Å². The summed E-state index contributed by atoms with van der Waals surface area (Å²) < 4.78 is 7.63. The van der Waals surface area contributed by atoms with Crippen LogP contribution in [0, 0.1) is 0 Å². The summed E-state index contributed by atoms with van der Waals surface area (Å²) in [6.07, 6.45) is 6.32. The minimum Gasteiger partial charge on any atom is -0.489 e. The normalized spacial score (nSPS) is 19.0. The van der Waals surface area contributed by atoms with Gasteiger partial charge in [-0.25, -0.2) is 4.68 Å². The number of hydrogen-bond acceptors (Lipinski definition) is 3. The van der Waals surface area contributed by atoms with Crippen LogP contribution in [0.15, 0.2) is 42.7 Å². The van der Waals surface area contributed by atoms with E-state index in [1.54, 1.807) is 6.20 Å². The third kappa shape index (κ3) is 2.70. The minimum absolute atomic E-state index is 0.657. The molecule has 1 saturated heterocycles. The van der Waals surface area contributed by atoms with Gasteiger partial charge in [0.1, 0.15) is 6.61 Å². The summed E-state index contributed by atoms with van der Waals surface area (Å²) in [6.45, 7) is 0.797. The van der Waals surface area contributed by atoms with Crippen LogP contribution in [0.5, 0.6) is 5.75 Å². The largest absolute Gasteiger partial charge is 0.489 e. The van der Waals surface area contributed by atoms with E-state index in [-0.39, 0.29) is 0 Å². The molecule has 18 heavy (non-hydrogen) atoms. The zero-order valence-corrected chi connectivity index (χ0v) is 11.0. The summed E-state index contributed by atoms with van der Waals surface area (Å²) in [5, 5.41) is 4.97. The van der Waals surface area contributed by atoms with Gasteiger partial charge in [-0.1, -0.05) is 18.2 Å². The number of thioether (sulfide) groups is 1. The van der Waals surface area contributed by atoms with Gasteiger partial charge in [-0.2, -0.15) is 16.9 Å². The van der Waals surface area contributed by atoms with E-state index in [2.05, 4.69) is 5.10 Å². The minimum atomic E-state index is 0.657. The van der Waals surface area contributed by atoms with Gasteiger partial charge in [0.2, 0.25) is 0 Å². The molecule has 3 nitrogen and oxygen atoms in total. The lowest BCUT2D eigenvalue weighted by Crippen LogP contribution is -2.10. The summed E-state index contributed by atoms with van der Waals surface area (Å²) >= 11 is 2.01. The topological polar surface area (TPSA) is 27.1 Å². The molecule has 0 bridgehead atoms. The van der Waals surface area contributed by atoms with Gasteiger partial charge in [0.05, 0.1) is 18.1 Å². The lowest BCUT2D eigenvalue weighted by atomic mass is 10.3. The summed E-state index contributed by atoms with van der Waals surface area (Å²) in [7, 11) is 0. The van der Waals surface area contributed by atoms with E-state index in [1.807, 2.05) is 53.0 Å². The van der Waals surface area contributed by atoms with Gasteiger partial charge in [0, 0.05) is 5.25 Å². The molecular formula is C14H16N2OS. The highest BCUT2D eigenvalue weighted by atomic mass is 32.2. The number of aromatic nitrogens is 2. The molecule has 0 aliphatic carbocycles. The molecule has 2 heterocycles. The SMILES string of the molecule is c1ccc(-n2cc(OCC3CCCS3)cn2)cc1. The van der Waals surface area contributed by atoms with Gasteiger partial charge in [-0.3, -0.25) is 0 Å². The second-order valence-corrected chi connectivity index (χ2v) is 5.81. The highest BCUT2D eigenvalue weighted by Crippen LogP contribution is 2.26. The van der Waals surface area contributed by atoms with Crippen molar-refractivity contribution < 1.29 is 4.74 Å². The van der Waals surface area contributed by atoms with Gasteiger partial charge >= 0.3 is 0 Å². The molecule has 4 heteroatoms. The zero-order chi connectivity index (χ0) is 12.2. The van der Waals surface area contributed by atoms with Crippen LogP contribution >= 0.6 is 11.8 Å². The van der Waals surface area contributed by atoms with Crippen LogP contribution < -0.4 is 4.74 Å². The van der Waals surface area contributed by atoms with Crippen molar-refractivity contribution in [3.05, 3.63) is 42.7 Å². The highest BCUT2D eigenvalue weighted by molar-refractivity contribution is 8.00. The molecule has 0 spiro atoms. The van der Waals surface area contributed by atoms with Crippen molar-refractivity contribution in [2.75, 3.05) is 12.4 Å². The molecule has 0 radical (unpaired) electrons. The lowest BCUT2D eigenvalue weighted by molar-refractivity contribution is 0.315. The number of hydrogen-bond donors (Lipinski definition) is 0. The quantitative estimate of drug-likeness (QED) is 0.845. The summed E-state index contributed by atoms with van der Waals surface area (Å²) in [5.74, 6) is 2.13. The molecule has 0 amide bonds. The molecule has 0 N–H and O–H groups in total. The standard InChI is InChI=1S/C14H16N2OS/c1-2-5-12(6-3-1)16-10-13(9-15-16)17-11-14-7-4-8-18-14/h1-3,5-6,9-10,14H,4,7-8,11H2. The van der Waals surface area contributed by atoms with E-state index in [1.165, 1.54) is 18.6 Å². The first-order valence-corrected chi connectivity index (χ1v) is 7.31. The molecule has 1 atom stereocenters. The van der Waals surface area contributed by atoms with Crippen molar-refractivity contribution in [3.63, 3.8) is 0 Å². The Morgan fingerprint density at radius 3 is 3.00 bits per heavy atom. The van der Waals surface area contributed by atoms with E-state index in [0.717, 1.165) is 18.0 Å². The molecule has 2 aromatic rings. The molecule has 1 aromatic carbocycles. The van der Waals surface area contributed by atoms with Gasteiger partial charge in [-0.15, -0.1) is 0 Å². The first-order valence-electron chi connectivity index (χ1n) is 6.26. The molecular weight excluding hydrogens is 244 g/mol. The number of nitrogens with zero attached hydrogens (tertiary/aromatic N) is 2. The van der Waals surface area contributed by atoms with E-state index >= 15 is 0 Å². The first kappa shape index (κ1) is 11.7. The number of benzene rings is 1. The number of rotatable bonds is 4. The Bertz CT molecular complexity index is 492. The summed E-state index contributed by atoms with van der Waals surface area (Å²) in [4.78, 5) is 0. The maximum atomic E-state index is 5.79. The molecule has 1 unspecified atom stereocenters. The predicted octanol–water partition coefficient (Wildman–Crippen LogP) is 3.15. The average molecular weight is 260 g/mol. The van der Waals surface area contributed by atoms with Crippen LogP contribution in [0.25, 0.3) is 5.69 Å². The van der Waals surface area contributed by atoms with Crippen LogP contribution in [0.1, 0.15) is 12.8 Å². The van der Waals surface area contributed by atoms with Crippen LogP contribution in [-0.2, 0) is 0 Å². The Morgan fingerprint density at radius 1 is 1.33 bits per heavy atom. The van der Waals surface area contributed by atoms with Gasteiger partial charge in [-0.05, 0) is 30.7 Å². The summed E-state index contributed by atoms with van der Waals surface area (Å²) in [6, 6.07) is 10.1. The Hall–Kier alpha value is -1.42. The van der Waals surface area contributed by atoms with Crippen LogP contribution in [-0.4, -0.2) is 27.4 Å². The molecule has 1 aromatic heterocycles. The van der Waals surface area contributed by atoms with Crippen molar-refractivity contribution in [1.29, 1.82) is 0 Å². The maximum absolute atomic E-state index is 5.79. The molecule has 94 valence electrons. The van der Waals surface area contributed by atoms with E-state index in [4.69, 9.17) is 4.74 Å². The third-order valence-electron chi connectivity index (χ3n) is 3.04. The van der Waals surface area contributed by atoms with Crippen LogP contribution in [0.4, 0.5) is 0 Å². The molecule has 0 saturated carbocycles. The fraction of sp³-hybridized carbons (Fsp3) is 0.357. The first-order chi connectivity index (χ1) is 8.92. The van der Waals surface area contributed by atoms with E-state index < -0.39 is 0 Å². The van der Waals surface area contributed by atoms with Crippen molar-refractivity contribution >= 4 is 11.8 Å². The van der Waals surface area contributed by atoms with Gasteiger partial charge < -0.3 is 4.74 Å². The third-order valence-corrected chi connectivity index (χ3v) is 4.41. The predicted molar refractivity (Wildman–Crippen MR) is 74.5 cm³/mol. The smallest absolute Gasteiger partial charge is 0.157 e. The second-order valence-electron chi connectivity index (χ2n) is 4.40. The Morgan fingerprint density at radius 2 is 2.22 bits per heavy atom. The van der Waals surface area contributed by atoms with Gasteiger partial charge in [0.15, 0.2) is 5.75 Å². The fourth-order valence-corrected chi connectivity index (χ4v) is 3.23. The van der Waals surface area contributed by atoms with Crippen molar-refractivity contribution in [2.45, 2.75) is 18.1 Å². The molecule has 1 aliphatic rings. The monoisotopic (exact) mass is 260 g/mol. The molecule has 1 aliphatic heterocycles. The Labute approximate surface area is 111 Å².